The third kappa shape index (κ3) is 26.5. The minimum atomic E-state index is -0.653. The molecular weight excluding hydrogens is 401 g/mol. The Morgan fingerprint density at radius 1 is 0.682 bits per heavy atom. The van der Waals surface area contributed by atoms with Gasteiger partial charge in [-0.1, -0.05) is 96.8 Å². The Bertz CT molecular complexity index is 223. The van der Waals surface area contributed by atoms with E-state index < -0.39 is 5.97 Å². The summed E-state index contributed by atoms with van der Waals surface area (Å²) in [4.78, 5) is 10.3. The van der Waals surface area contributed by atoms with Crippen molar-refractivity contribution in [1.29, 1.82) is 0 Å². The molecular formula is C18H38CaCdO2. The Morgan fingerprint density at radius 3 is 1.23 bits per heavy atom. The largest absolute Gasteiger partial charge is 2.00 e. The number of rotatable bonds is 16. The van der Waals surface area contributed by atoms with E-state index in [0.717, 1.165) is 12.8 Å². The van der Waals surface area contributed by atoms with Crippen molar-refractivity contribution in [3.05, 3.63) is 0 Å². The molecule has 0 unspecified atom stereocenters. The van der Waals surface area contributed by atoms with Gasteiger partial charge in [0.1, 0.15) is 0 Å². The van der Waals surface area contributed by atoms with Crippen molar-refractivity contribution in [3.8, 4) is 0 Å². The summed E-state index contributed by atoms with van der Waals surface area (Å²) in [6.07, 6.45) is 20.2. The maximum atomic E-state index is 10.3. The maximum absolute atomic E-state index is 10.3. The SMILES string of the molecule is CCCCCCCCCCCCCCCCCC(=O)O.[Ca+2].[Cd].[H-].[H-]. The maximum Gasteiger partial charge on any atom is 2.00 e. The standard InChI is InChI=1S/C18H36O2.Ca.Cd.2H/c1-2-3-4-5-6-7-8-9-10-11-12-13-14-15-16-17-18(19)20;;;;/h2-17H2,1H3,(H,19,20);;;;/q;+2;;2*-1. The number of carboxylic acids is 1. The summed E-state index contributed by atoms with van der Waals surface area (Å²) in [7, 11) is 0. The fourth-order valence-electron chi connectivity index (χ4n) is 2.65. The number of carbonyl (C=O) groups is 1. The Kier molecular flexibility index (Phi) is 32.2. The Morgan fingerprint density at radius 2 is 0.955 bits per heavy atom. The number of hydrogen-bond donors (Lipinski definition) is 1. The van der Waals surface area contributed by atoms with Gasteiger partial charge in [-0.25, -0.2) is 0 Å². The summed E-state index contributed by atoms with van der Waals surface area (Å²) < 4.78 is 0. The molecule has 0 bridgehead atoms. The molecule has 0 fully saturated rings. The van der Waals surface area contributed by atoms with Crippen molar-refractivity contribution < 1.29 is 40.1 Å². The zero-order chi connectivity index (χ0) is 14.9. The van der Waals surface area contributed by atoms with E-state index in [1.165, 1.54) is 83.5 Å². The van der Waals surface area contributed by atoms with Gasteiger partial charge in [0.25, 0.3) is 0 Å². The molecule has 22 heavy (non-hydrogen) atoms. The van der Waals surface area contributed by atoms with E-state index in [0.29, 0.717) is 6.42 Å². The number of carboxylic acid groups (broad SMARTS) is 1. The van der Waals surface area contributed by atoms with Crippen molar-refractivity contribution in [2.75, 3.05) is 0 Å². The summed E-state index contributed by atoms with van der Waals surface area (Å²) in [6, 6.07) is 0. The van der Waals surface area contributed by atoms with Gasteiger partial charge < -0.3 is 7.96 Å². The molecule has 0 aromatic carbocycles. The number of unbranched alkanes of at least 4 members (excludes halogenated alkanes) is 14. The Balaban J connectivity index is -0.000000301. The van der Waals surface area contributed by atoms with Crippen LogP contribution in [0, 0.1) is 0 Å². The zero-order valence-corrected chi connectivity index (χ0v) is 21.3. The van der Waals surface area contributed by atoms with Crippen LogP contribution in [0.4, 0.5) is 0 Å². The van der Waals surface area contributed by atoms with Crippen LogP contribution in [0.2, 0.25) is 0 Å². The molecule has 1 N–H and O–H groups in total. The average molecular weight is 439 g/mol. The average Bonchev–Trinajstić information content (AvgIpc) is 2.43. The monoisotopic (exact) mass is 440 g/mol. The summed E-state index contributed by atoms with van der Waals surface area (Å²) >= 11 is 0. The molecule has 0 amide bonds. The van der Waals surface area contributed by atoms with E-state index >= 15 is 0 Å². The molecule has 0 spiro atoms. The van der Waals surface area contributed by atoms with Crippen molar-refractivity contribution in [3.63, 3.8) is 0 Å². The summed E-state index contributed by atoms with van der Waals surface area (Å²) in [5.41, 5.74) is 0. The third-order valence-electron chi connectivity index (χ3n) is 3.99. The summed E-state index contributed by atoms with van der Waals surface area (Å²) in [5, 5.41) is 8.52. The van der Waals surface area contributed by atoms with Crippen LogP contribution in [-0.4, -0.2) is 48.8 Å². The van der Waals surface area contributed by atoms with Crippen LogP contribution in [0.15, 0.2) is 0 Å². The first-order valence-corrected chi connectivity index (χ1v) is 8.99. The van der Waals surface area contributed by atoms with Gasteiger partial charge in [-0.2, -0.15) is 0 Å². The van der Waals surface area contributed by atoms with Gasteiger partial charge in [0.05, 0.1) is 0 Å². The van der Waals surface area contributed by atoms with Gasteiger partial charge in [0.2, 0.25) is 0 Å². The van der Waals surface area contributed by atoms with Crippen LogP contribution >= 0.6 is 0 Å². The molecule has 0 atom stereocenters. The van der Waals surface area contributed by atoms with E-state index in [2.05, 4.69) is 6.92 Å². The normalized spacial score (nSPS) is 9.86. The van der Waals surface area contributed by atoms with Crippen molar-refractivity contribution in [2.45, 2.75) is 110 Å². The fourth-order valence-corrected chi connectivity index (χ4v) is 2.65. The van der Waals surface area contributed by atoms with E-state index in [4.69, 9.17) is 5.11 Å². The second-order valence-corrected chi connectivity index (χ2v) is 6.09. The van der Waals surface area contributed by atoms with Crippen LogP contribution in [0.25, 0.3) is 0 Å². The minimum absolute atomic E-state index is 0. The molecule has 0 radical (unpaired) electrons. The van der Waals surface area contributed by atoms with Gasteiger partial charge in [-0.15, -0.1) is 0 Å². The molecule has 0 aromatic rings. The molecule has 0 aromatic heterocycles. The van der Waals surface area contributed by atoms with Crippen LogP contribution in [0.1, 0.15) is 113 Å². The second-order valence-electron chi connectivity index (χ2n) is 6.09. The molecule has 126 valence electrons. The molecule has 2 nitrogen and oxygen atoms in total. The molecule has 0 aliphatic heterocycles. The minimum Gasteiger partial charge on any atom is -1.00 e. The number of aliphatic carboxylic acids is 1. The molecule has 0 rings (SSSR count). The fraction of sp³-hybridized carbons (Fsp3) is 0.944. The van der Waals surface area contributed by atoms with Crippen molar-refractivity contribution in [2.24, 2.45) is 0 Å². The first-order chi connectivity index (χ1) is 9.77. The van der Waals surface area contributed by atoms with E-state index in [1.807, 2.05) is 0 Å². The van der Waals surface area contributed by atoms with Crippen molar-refractivity contribution in [1.82, 2.24) is 0 Å². The quantitative estimate of drug-likeness (QED) is 0.231. The molecule has 0 saturated heterocycles. The first kappa shape index (κ1) is 28.5. The van der Waals surface area contributed by atoms with Gasteiger partial charge in [-0.3, -0.25) is 4.79 Å². The van der Waals surface area contributed by atoms with Crippen LogP contribution < -0.4 is 0 Å². The molecule has 0 aliphatic carbocycles. The van der Waals surface area contributed by atoms with E-state index in [9.17, 15) is 4.79 Å². The van der Waals surface area contributed by atoms with E-state index in [1.54, 1.807) is 0 Å². The molecule has 0 aliphatic rings. The number of hydrogen-bond acceptors (Lipinski definition) is 1. The van der Waals surface area contributed by atoms with Crippen molar-refractivity contribution >= 4 is 43.7 Å². The molecule has 0 heterocycles. The summed E-state index contributed by atoms with van der Waals surface area (Å²) in [5.74, 6) is -0.653. The topological polar surface area (TPSA) is 37.3 Å². The molecule has 4 heteroatoms. The summed E-state index contributed by atoms with van der Waals surface area (Å²) in [6.45, 7) is 2.27. The molecule has 0 saturated carbocycles. The predicted octanol–water partition coefficient (Wildman–Crippen LogP) is 6.17. The smallest absolute Gasteiger partial charge is 1.00 e. The van der Waals surface area contributed by atoms with E-state index in [-0.39, 0.29) is 67.9 Å². The van der Waals surface area contributed by atoms with Crippen LogP contribution in [-0.2, 0) is 32.1 Å². The van der Waals surface area contributed by atoms with Gasteiger partial charge >= 0.3 is 43.7 Å². The Labute approximate surface area is 191 Å². The van der Waals surface area contributed by atoms with Crippen LogP contribution in [0.5, 0.6) is 0 Å². The van der Waals surface area contributed by atoms with Gasteiger partial charge in [-0.05, 0) is 6.42 Å². The zero-order valence-electron chi connectivity index (χ0n) is 17.1. The predicted molar refractivity (Wildman–Crippen MR) is 95.2 cm³/mol. The first-order valence-electron chi connectivity index (χ1n) is 8.99. The Hall–Kier alpha value is 1.65. The van der Waals surface area contributed by atoms with Crippen LogP contribution in [0.3, 0.4) is 0 Å². The van der Waals surface area contributed by atoms with Gasteiger partial charge in [0, 0.05) is 33.7 Å². The van der Waals surface area contributed by atoms with Gasteiger partial charge in [0.15, 0.2) is 0 Å². The third-order valence-corrected chi connectivity index (χ3v) is 3.99. The second kappa shape index (κ2) is 24.9.